The number of hydrogen-bond donors (Lipinski definition) is 2. The number of rotatable bonds is 4. The van der Waals surface area contributed by atoms with Crippen molar-refractivity contribution in [2.75, 3.05) is 6.61 Å². The molecule has 1 fully saturated rings. The van der Waals surface area contributed by atoms with Crippen molar-refractivity contribution in [1.29, 1.82) is 0 Å². The highest BCUT2D eigenvalue weighted by Gasteiger charge is 2.38. The lowest BCUT2D eigenvalue weighted by molar-refractivity contribution is -0.0113. The summed E-state index contributed by atoms with van der Waals surface area (Å²) in [4.78, 5) is 1.32. The molecule has 16 heavy (non-hydrogen) atoms. The lowest BCUT2D eigenvalue weighted by Crippen LogP contribution is -2.52. The molecule has 1 saturated heterocycles. The Kier molecular flexibility index (Phi) is 4.02. The van der Waals surface area contributed by atoms with Gasteiger partial charge >= 0.3 is 0 Å². The molecule has 2 unspecified atom stereocenters. The van der Waals surface area contributed by atoms with E-state index in [2.05, 4.69) is 39.7 Å². The van der Waals surface area contributed by atoms with Gasteiger partial charge in [0.05, 0.1) is 11.6 Å². The molecule has 2 heterocycles. The van der Waals surface area contributed by atoms with Crippen LogP contribution in [0, 0.1) is 0 Å². The Morgan fingerprint density at radius 1 is 1.75 bits per heavy atom. The van der Waals surface area contributed by atoms with E-state index in [0.717, 1.165) is 25.9 Å². The van der Waals surface area contributed by atoms with Gasteiger partial charge in [-0.15, -0.1) is 11.3 Å². The van der Waals surface area contributed by atoms with Crippen LogP contribution in [0.5, 0.6) is 0 Å². The van der Waals surface area contributed by atoms with E-state index in [9.17, 15) is 0 Å². The van der Waals surface area contributed by atoms with Gasteiger partial charge in [0.1, 0.15) is 0 Å². The highest BCUT2D eigenvalue weighted by atomic mass is 79.9. The number of hydrazine groups is 1. The summed E-state index contributed by atoms with van der Waals surface area (Å²) in [6, 6.07) is 2.25. The first-order valence-corrected chi connectivity index (χ1v) is 7.15. The molecule has 1 aromatic heterocycles. The zero-order chi connectivity index (χ0) is 11.6. The first-order valence-electron chi connectivity index (χ1n) is 5.47. The second-order valence-corrected chi connectivity index (χ2v) is 6.23. The van der Waals surface area contributed by atoms with E-state index in [1.807, 2.05) is 0 Å². The molecule has 2 rings (SSSR count). The van der Waals surface area contributed by atoms with Gasteiger partial charge in [-0.25, -0.2) is 0 Å². The fraction of sp³-hybridized carbons (Fsp3) is 0.636. The van der Waals surface area contributed by atoms with E-state index in [4.69, 9.17) is 10.6 Å². The molecule has 0 saturated carbocycles. The number of halogens is 1. The molecule has 3 N–H and O–H groups in total. The topological polar surface area (TPSA) is 47.3 Å². The van der Waals surface area contributed by atoms with Gasteiger partial charge in [0.2, 0.25) is 0 Å². The van der Waals surface area contributed by atoms with Gasteiger partial charge in [-0.3, -0.25) is 11.3 Å². The van der Waals surface area contributed by atoms with Crippen molar-refractivity contribution in [1.82, 2.24) is 5.43 Å². The van der Waals surface area contributed by atoms with Crippen LogP contribution >= 0.6 is 27.3 Å². The van der Waals surface area contributed by atoms with Gasteiger partial charge in [-0.2, -0.15) is 0 Å². The summed E-state index contributed by atoms with van der Waals surface area (Å²) in [5.41, 5.74) is 2.78. The maximum absolute atomic E-state index is 5.83. The molecule has 1 aliphatic heterocycles. The van der Waals surface area contributed by atoms with Crippen LogP contribution in [-0.2, 0) is 11.2 Å². The Morgan fingerprint density at radius 2 is 2.56 bits per heavy atom. The van der Waals surface area contributed by atoms with Gasteiger partial charge in [0, 0.05) is 22.4 Å². The predicted molar refractivity (Wildman–Crippen MR) is 70.4 cm³/mol. The SMILES string of the molecule is CC1(C(Cc2sccc2Br)NN)CCCO1. The van der Waals surface area contributed by atoms with Crippen LogP contribution < -0.4 is 11.3 Å². The van der Waals surface area contributed by atoms with Gasteiger partial charge in [-0.1, -0.05) is 0 Å². The molecule has 0 spiro atoms. The van der Waals surface area contributed by atoms with Crippen LogP contribution in [0.3, 0.4) is 0 Å². The largest absolute Gasteiger partial charge is 0.374 e. The van der Waals surface area contributed by atoms with Crippen molar-refractivity contribution in [2.45, 2.75) is 37.8 Å². The lowest BCUT2D eigenvalue weighted by atomic mass is 9.91. The molecule has 0 aromatic carbocycles. The van der Waals surface area contributed by atoms with E-state index < -0.39 is 0 Å². The fourth-order valence-electron chi connectivity index (χ4n) is 2.18. The minimum Gasteiger partial charge on any atom is -0.374 e. The van der Waals surface area contributed by atoms with E-state index in [1.165, 1.54) is 9.35 Å². The van der Waals surface area contributed by atoms with Crippen LogP contribution in [0.1, 0.15) is 24.6 Å². The number of nitrogens with two attached hydrogens (primary N) is 1. The molecular weight excluding hydrogens is 288 g/mol. The average Bonchev–Trinajstić information content (AvgIpc) is 2.85. The van der Waals surface area contributed by atoms with Gasteiger partial charge in [-0.05, 0) is 47.1 Å². The number of hydrogen-bond acceptors (Lipinski definition) is 4. The summed E-state index contributed by atoms with van der Waals surface area (Å²) < 4.78 is 7.00. The summed E-state index contributed by atoms with van der Waals surface area (Å²) >= 11 is 5.30. The van der Waals surface area contributed by atoms with Crippen LogP contribution in [0.15, 0.2) is 15.9 Å². The molecular formula is C11H17BrN2OS. The van der Waals surface area contributed by atoms with E-state index in [0.29, 0.717) is 0 Å². The van der Waals surface area contributed by atoms with Gasteiger partial charge in [0.25, 0.3) is 0 Å². The van der Waals surface area contributed by atoms with Crippen LogP contribution in [0.25, 0.3) is 0 Å². The fourth-order valence-corrected chi connectivity index (χ4v) is 3.74. The zero-order valence-electron chi connectivity index (χ0n) is 9.33. The molecule has 0 aliphatic carbocycles. The minimum atomic E-state index is -0.127. The third kappa shape index (κ3) is 2.49. The Labute approximate surface area is 108 Å². The summed E-state index contributed by atoms with van der Waals surface area (Å²) in [5, 5.41) is 2.09. The summed E-state index contributed by atoms with van der Waals surface area (Å²) in [7, 11) is 0. The highest BCUT2D eigenvalue weighted by molar-refractivity contribution is 9.10. The first-order chi connectivity index (χ1) is 7.65. The van der Waals surface area contributed by atoms with Gasteiger partial charge in [0.15, 0.2) is 0 Å². The highest BCUT2D eigenvalue weighted by Crippen LogP contribution is 2.32. The predicted octanol–water partition coefficient (Wildman–Crippen LogP) is 2.45. The summed E-state index contributed by atoms with van der Waals surface area (Å²) in [6.45, 7) is 2.99. The molecule has 90 valence electrons. The second-order valence-electron chi connectivity index (χ2n) is 4.38. The molecule has 5 heteroatoms. The third-order valence-corrected chi connectivity index (χ3v) is 5.22. The van der Waals surface area contributed by atoms with Gasteiger partial charge < -0.3 is 4.74 Å². The smallest absolute Gasteiger partial charge is 0.0824 e. The Balaban J connectivity index is 2.08. The van der Waals surface area contributed by atoms with Crippen molar-refractivity contribution in [2.24, 2.45) is 5.84 Å². The maximum atomic E-state index is 5.83. The Hall–Kier alpha value is 0.0600. The van der Waals surface area contributed by atoms with E-state index in [-0.39, 0.29) is 11.6 Å². The van der Waals surface area contributed by atoms with Crippen molar-refractivity contribution in [3.8, 4) is 0 Å². The van der Waals surface area contributed by atoms with Crippen molar-refractivity contribution in [3.05, 3.63) is 20.8 Å². The number of ether oxygens (including phenoxy) is 1. The summed E-state index contributed by atoms with van der Waals surface area (Å²) in [5.74, 6) is 5.66. The molecule has 0 amide bonds. The molecule has 0 radical (unpaired) electrons. The molecule has 0 bridgehead atoms. The van der Waals surface area contributed by atoms with E-state index >= 15 is 0 Å². The van der Waals surface area contributed by atoms with Crippen LogP contribution in [-0.4, -0.2) is 18.2 Å². The standard InChI is InChI=1S/C11H17BrN2OS/c1-11(4-2-5-15-11)10(14-13)7-9-8(12)3-6-16-9/h3,6,10,14H,2,4-5,7,13H2,1H3. The maximum Gasteiger partial charge on any atom is 0.0824 e. The molecule has 1 aromatic rings. The normalized spacial score (nSPS) is 27.2. The number of thiophene rings is 1. The lowest BCUT2D eigenvalue weighted by Gasteiger charge is -2.32. The quantitative estimate of drug-likeness (QED) is 0.663. The third-order valence-electron chi connectivity index (χ3n) is 3.27. The average molecular weight is 305 g/mol. The van der Waals surface area contributed by atoms with E-state index in [1.54, 1.807) is 11.3 Å². The van der Waals surface area contributed by atoms with Crippen molar-refractivity contribution in [3.63, 3.8) is 0 Å². The number of nitrogens with one attached hydrogen (secondary N) is 1. The second kappa shape index (κ2) is 5.14. The zero-order valence-corrected chi connectivity index (χ0v) is 11.7. The monoisotopic (exact) mass is 304 g/mol. The molecule has 1 aliphatic rings. The Bertz CT molecular complexity index is 350. The Morgan fingerprint density at radius 3 is 3.06 bits per heavy atom. The molecule has 3 nitrogen and oxygen atoms in total. The first kappa shape index (κ1) is 12.5. The summed E-state index contributed by atoms with van der Waals surface area (Å²) in [6.07, 6.45) is 3.11. The van der Waals surface area contributed by atoms with Crippen LogP contribution in [0.2, 0.25) is 0 Å². The van der Waals surface area contributed by atoms with Crippen molar-refractivity contribution >= 4 is 27.3 Å². The van der Waals surface area contributed by atoms with Crippen LogP contribution in [0.4, 0.5) is 0 Å². The van der Waals surface area contributed by atoms with Crippen molar-refractivity contribution < 1.29 is 4.74 Å². The minimum absolute atomic E-state index is 0.127. The molecule has 2 atom stereocenters.